The van der Waals surface area contributed by atoms with E-state index in [9.17, 15) is 0 Å². The lowest BCUT2D eigenvalue weighted by Gasteiger charge is -2.02. The number of hydrogen-bond donors (Lipinski definition) is 1. The number of nitrogens with zero attached hydrogens (tertiary/aromatic N) is 4. The largest absolute Gasteiger partial charge is 0.369 e. The predicted molar refractivity (Wildman–Crippen MR) is 68.2 cm³/mol. The summed E-state index contributed by atoms with van der Waals surface area (Å²) in [5.41, 5.74) is 7.29. The molecule has 5 nitrogen and oxygen atoms in total. The second-order valence-corrected chi connectivity index (χ2v) is 4.89. The lowest BCUT2D eigenvalue weighted by atomic mass is 10.4. The quantitative estimate of drug-likeness (QED) is 0.771. The van der Waals surface area contributed by atoms with Crippen LogP contribution in [0, 0.1) is 0 Å². The molecule has 0 amide bonds. The van der Waals surface area contributed by atoms with Crippen LogP contribution in [0.15, 0.2) is 23.8 Å². The Labute approximate surface area is 106 Å². The fourth-order valence-electron chi connectivity index (χ4n) is 1.63. The Balaban J connectivity index is 2.12. The van der Waals surface area contributed by atoms with Gasteiger partial charge in [0.25, 0.3) is 0 Å². The van der Waals surface area contributed by atoms with Gasteiger partial charge in [0.05, 0.1) is 11.6 Å². The van der Waals surface area contributed by atoms with Gasteiger partial charge in [0.1, 0.15) is 10.5 Å². The Morgan fingerprint density at radius 1 is 1.41 bits per heavy atom. The minimum Gasteiger partial charge on any atom is -0.369 e. The summed E-state index contributed by atoms with van der Waals surface area (Å²) in [5, 5.41) is 3.44. The third-order valence-corrected chi connectivity index (χ3v) is 3.33. The van der Waals surface area contributed by atoms with Crippen LogP contribution in [0.3, 0.4) is 0 Å². The highest BCUT2D eigenvalue weighted by molar-refractivity contribution is 7.09. The van der Waals surface area contributed by atoms with Crippen molar-refractivity contribution in [2.24, 2.45) is 0 Å². The summed E-state index contributed by atoms with van der Waals surface area (Å²) in [4.78, 5) is 12.7. The minimum absolute atomic E-state index is 0.421. The van der Waals surface area contributed by atoms with Crippen molar-refractivity contribution in [2.45, 2.75) is 6.54 Å². The normalized spacial score (nSPS) is 11.1. The van der Waals surface area contributed by atoms with Gasteiger partial charge >= 0.3 is 0 Å². The molecular formula is C10H8ClN5S. The zero-order valence-electron chi connectivity index (χ0n) is 8.67. The van der Waals surface area contributed by atoms with Crippen molar-refractivity contribution in [1.29, 1.82) is 0 Å². The number of pyridine rings is 1. The number of imidazole rings is 1. The maximum absolute atomic E-state index is 5.87. The van der Waals surface area contributed by atoms with Crippen LogP contribution < -0.4 is 5.73 Å². The van der Waals surface area contributed by atoms with E-state index in [4.69, 9.17) is 17.3 Å². The Morgan fingerprint density at radius 3 is 3.06 bits per heavy atom. The van der Waals surface area contributed by atoms with Crippen LogP contribution in [-0.2, 0) is 6.54 Å². The van der Waals surface area contributed by atoms with Crippen LogP contribution >= 0.6 is 22.9 Å². The van der Waals surface area contributed by atoms with Crippen molar-refractivity contribution in [3.05, 3.63) is 33.9 Å². The van der Waals surface area contributed by atoms with Crippen LogP contribution in [0.2, 0.25) is 5.02 Å². The number of rotatable bonds is 2. The molecule has 0 saturated heterocycles. The van der Waals surface area contributed by atoms with E-state index < -0.39 is 0 Å². The van der Waals surface area contributed by atoms with Crippen LogP contribution in [0.5, 0.6) is 0 Å². The SMILES string of the molecule is Nc1nc2cc(Cl)cnc2n1Cc1nccs1. The molecule has 7 heteroatoms. The highest BCUT2D eigenvalue weighted by Gasteiger charge is 2.11. The number of thiazole rings is 1. The number of aromatic nitrogens is 4. The van der Waals surface area contributed by atoms with Crippen molar-refractivity contribution < 1.29 is 0 Å². The second kappa shape index (κ2) is 3.97. The Kier molecular flexibility index (Phi) is 2.45. The Morgan fingerprint density at radius 2 is 2.29 bits per heavy atom. The fourth-order valence-corrected chi connectivity index (χ4v) is 2.38. The molecule has 0 aliphatic heterocycles. The van der Waals surface area contributed by atoms with E-state index in [2.05, 4.69) is 15.0 Å². The number of halogens is 1. The van der Waals surface area contributed by atoms with Gasteiger partial charge in [-0.3, -0.25) is 4.57 Å². The molecule has 0 fully saturated rings. The maximum atomic E-state index is 5.87. The van der Waals surface area contributed by atoms with Gasteiger partial charge in [0, 0.05) is 17.8 Å². The molecule has 3 rings (SSSR count). The fraction of sp³-hybridized carbons (Fsp3) is 0.100. The zero-order chi connectivity index (χ0) is 11.8. The van der Waals surface area contributed by atoms with E-state index >= 15 is 0 Å². The van der Waals surface area contributed by atoms with Gasteiger partial charge in [0.15, 0.2) is 5.65 Å². The molecule has 0 spiro atoms. The van der Waals surface area contributed by atoms with E-state index in [-0.39, 0.29) is 0 Å². The molecule has 0 aromatic carbocycles. The molecule has 3 aromatic heterocycles. The van der Waals surface area contributed by atoms with Gasteiger partial charge in [-0.15, -0.1) is 11.3 Å². The van der Waals surface area contributed by atoms with Crippen LogP contribution in [0.25, 0.3) is 11.2 Å². The average Bonchev–Trinajstić information content (AvgIpc) is 2.88. The van der Waals surface area contributed by atoms with Crippen molar-refractivity contribution in [2.75, 3.05) is 5.73 Å². The van der Waals surface area contributed by atoms with Gasteiger partial charge in [-0.2, -0.15) is 0 Å². The lowest BCUT2D eigenvalue weighted by molar-refractivity contribution is 0.820. The summed E-state index contributed by atoms with van der Waals surface area (Å²) in [6.07, 6.45) is 3.35. The molecule has 0 radical (unpaired) electrons. The summed E-state index contributed by atoms with van der Waals surface area (Å²) < 4.78 is 1.82. The first kappa shape index (κ1) is 10.5. The zero-order valence-corrected chi connectivity index (χ0v) is 10.2. The number of anilines is 1. The van der Waals surface area contributed by atoms with Gasteiger partial charge < -0.3 is 5.73 Å². The third-order valence-electron chi connectivity index (χ3n) is 2.36. The van der Waals surface area contributed by atoms with Crippen molar-refractivity contribution in [3.63, 3.8) is 0 Å². The third kappa shape index (κ3) is 1.85. The molecule has 2 N–H and O–H groups in total. The molecule has 3 aromatic rings. The first-order valence-electron chi connectivity index (χ1n) is 4.89. The molecule has 0 bridgehead atoms. The lowest BCUT2D eigenvalue weighted by Crippen LogP contribution is -2.04. The van der Waals surface area contributed by atoms with Gasteiger partial charge in [-0.25, -0.2) is 15.0 Å². The Bertz CT molecular complexity index is 661. The summed E-state index contributed by atoms with van der Waals surface area (Å²) in [5.74, 6) is 0.421. The summed E-state index contributed by atoms with van der Waals surface area (Å²) in [7, 11) is 0. The topological polar surface area (TPSA) is 69.6 Å². The highest BCUT2D eigenvalue weighted by atomic mass is 35.5. The molecule has 17 heavy (non-hydrogen) atoms. The summed E-state index contributed by atoms with van der Waals surface area (Å²) in [6.45, 7) is 0.578. The standard InChI is InChI=1S/C10H8ClN5S/c11-6-3-7-9(14-4-6)16(10(12)15-7)5-8-13-1-2-17-8/h1-4H,5H2,(H2,12,15). The van der Waals surface area contributed by atoms with E-state index in [0.29, 0.717) is 23.0 Å². The molecule has 0 aliphatic rings. The van der Waals surface area contributed by atoms with Crippen molar-refractivity contribution in [1.82, 2.24) is 19.5 Å². The monoisotopic (exact) mass is 265 g/mol. The minimum atomic E-state index is 0.421. The van der Waals surface area contributed by atoms with Gasteiger partial charge in [-0.1, -0.05) is 11.6 Å². The molecular weight excluding hydrogens is 258 g/mol. The van der Waals surface area contributed by atoms with Crippen LogP contribution in [0.4, 0.5) is 5.95 Å². The first-order chi connectivity index (χ1) is 8.24. The number of nitrogen functional groups attached to an aromatic ring is 1. The van der Waals surface area contributed by atoms with E-state index in [1.165, 1.54) is 0 Å². The van der Waals surface area contributed by atoms with Gasteiger partial charge in [-0.05, 0) is 6.07 Å². The van der Waals surface area contributed by atoms with E-state index in [1.807, 2.05) is 9.95 Å². The molecule has 0 atom stereocenters. The maximum Gasteiger partial charge on any atom is 0.202 e. The van der Waals surface area contributed by atoms with Gasteiger partial charge in [0.2, 0.25) is 5.95 Å². The second-order valence-electron chi connectivity index (χ2n) is 3.48. The molecule has 0 saturated carbocycles. The highest BCUT2D eigenvalue weighted by Crippen LogP contribution is 2.20. The summed E-state index contributed by atoms with van der Waals surface area (Å²) >= 11 is 7.43. The van der Waals surface area contributed by atoms with E-state index in [0.717, 1.165) is 10.7 Å². The number of nitrogens with two attached hydrogens (primary N) is 1. The molecule has 86 valence electrons. The van der Waals surface area contributed by atoms with Crippen molar-refractivity contribution in [3.8, 4) is 0 Å². The molecule has 0 aliphatic carbocycles. The summed E-state index contributed by atoms with van der Waals surface area (Å²) in [6, 6.07) is 1.75. The molecule has 3 heterocycles. The average molecular weight is 266 g/mol. The predicted octanol–water partition coefficient (Wildman–Crippen LogP) is 2.17. The van der Waals surface area contributed by atoms with Crippen molar-refractivity contribution >= 4 is 40.0 Å². The molecule has 0 unspecified atom stereocenters. The number of fused-ring (bicyclic) bond motifs is 1. The van der Waals surface area contributed by atoms with Crippen LogP contribution in [0.1, 0.15) is 5.01 Å². The van der Waals surface area contributed by atoms with E-state index in [1.54, 1.807) is 29.8 Å². The number of hydrogen-bond acceptors (Lipinski definition) is 5. The Hall–Kier alpha value is -1.66. The smallest absolute Gasteiger partial charge is 0.202 e. The van der Waals surface area contributed by atoms with Crippen LogP contribution in [-0.4, -0.2) is 19.5 Å². The first-order valence-corrected chi connectivity index (χ1v) is 6.15.